The predicted octanol–water partition coefficient (Wildman–Crippen LogP) is 2.63. The first-order valence-electron chi connectivity index (χ1n) is 6.34. The Labute approximate surface area is 122 Å². The second-order valence-corrected chi connectivity index (χ2v) is 4.93. The monoisotopic (exact) mass is 291 g/mol. The van der Waals surface area contributed by atoms with Crippen molar-refractivity contribution in [2.75, 3.05) is 24.7 Å². The molecule has 0 unspecified atom stereocenters. The van der Waals surface area contributed by atoms with Gasteiger partial charge in [0.25, 0.3) is 0 Å². The minimum Gasteiger partial charge on any atom is -0.494 e. The van der Waals surface area contributed by atoms with Gasteiger partial charge in [0.05, 0.1) is 13.2 Å². The SMILES string of the molecule is CCOc1ccc(OCCSc2nccnc2N)cc1. The summed E-state index contributed by atoms with van der Waals surface area (Å²) >= 11 is 1.53. The van der Waals surface area contributed by atoms with Crippen molar-refractivity contribution in [3.8, 4) is 11.5 Å². The van der Waals surface area contributed by atoms with Gasteiger partial charge in [-0.15, -0.1) is 0 Å². The molecule has 1 aromatic heterocycles. The molecule has 0 spiro atoms. The summed E-state index contributed by atoms with van der Waals surface area (Å²) < 4.78 is 11.0. The van der Waals surface area contributed by atoms with Crippen LogP contribution >= 0.6 is 11.8 Å². The lowest BCUT2D eigenvalue weighted by molar-refractivity contribution is 0.332. The lowest BCUT2D eigenvalue weighted by Gasteiger charge is -2.07. The first-order valence-corrected chi connectivity index (χ1v) is 7.33. The van der Waals surface area contributed by atoms with Gasteiger partial charge in [-0.3, -0.25) is 0 Å². The number of hydrogen-bond acceptors (Lipinski definition) is 6. The molecule has 6 heteroatoms. The van der Waals surface area contributed by atoms with Crippen molar-refractivity contribution < 1.29 is 9.47 Å². The van der Waals surface area contributed by atoms with Crippen LogP contribution in [0.15, 0.2) is 41.7 Å². The van der Waals surface area contributed by atoms with Gasteiger partial charge >= 0.3 is 0 Å². The van der Waals surface area contributed by atoms with Crippen molar-refractivity contribution in [1.82, 2.24) is 9.97 Å². The largest absolute Gasteiger partial charge is 0.494 e. The zero-order valence-corrected chi connectivity index (χ0v) is 12.1. The summed E-state index contributed by atoms with van der Waals surface area (Å²) in [6.07, 6.45) is 3.21. The normalized spacial score (nSPS) is 10.2. The minimum atomic E-state index is 0.457. The Balaban J connectivity index is 1.74. The molecule has 1 aromatic carbocycles. The number of ether oxygens (including phenoxy) is 2. The fraction of sp³-hybridized carbons (Fsp3) is 0.286. The smallest absolute Gasteiger partial charge is 0.156 e. The second kappa shape index (κ2) is 7.59. The van der Waals surface area contributed by atoms with Crippen LogP contribution < -0.4 is 15.2 Å². The molecule has 0 atom stereocenters. The number of aromatic nitrogens is 2. The fourth-order valence-corrected chi connectivity index (χ4v) is 2.24. The molecule has 2 rings (SSSR count). The molecule has 0 aliphatic carbocycles. The summed E-state index contributed by atoms with van der Waals surface area (Å²) in [5, 5.41) is 0.739. The molecule has 0 radical (unpaired) electrons. The van der Waals surface area contributed by atoms with Gasteiger partial charge in [-0.1, -0.05) is 11.8 Å². The third kappa shape index (κ3) is 4.31. The number of nitrogens with two attached hydrogens (primary N) is 1. The van der Waals surface area contributed by atoms with Crippen LogP contribution in [0.4, 0.5) is 5.82 Å². The zero-order valence-electron chi connectivity index (χ0n) is 11.3. The van der Waals surface area contributed by atoms with Crippen LogP contribution in [0, 0.1) is 0 Å². The van der Waals surface area contributed by atoms with Gasteiger partial charge in [0.2, 0.25) is 0 Å². The van der Waals surface area contributed by atoms with E-state index in [1.165, 1.54) is 11.8 Å². The Bertz CT molecular complexity index is 534. The molecule has 0 saturated carbocycles. The van der Waals surface area contributed by atoms with Crippen LogP contribution in [0.25, 0.3) is 0 Å². The molecule has 2 N–H and O–H groups in total. The average Bonchev–Trinajstić information content (AvgIpc) is 2.47. The van der Waals surface area contributed by atoms with E-state index in [2.05, 4.69) is 9.97 Å². The Hall–Kier alpha value is -1.95. The van der Waals surface area contributed by atoms with E-state index in [4.69, 9.17) is 15.2 Å². The van der Waals surface area contributed by atoms with E-state index in [9.17, 15) is 0 Å². The third-order valence-corrected chi connectivity index (χ3v) is 3.38. The van der Waals surface area contributed by atoms with Gasteiger partial charge in [0.1, 0.15) is 16.5 Å². The number of anilines is 1. The molecule has 0 aliphatic rings. The Morgan fingerprint density at radius 2 is 1.70 bits per heavy atom. The van der Waals surface area contributed by atoms with E-state index < -0.39 is 0 Å². The van der Waals surface area contributed by atoms with Gasteiger partial charge in [-0.2, -0.15) is 0 Å². The van der Waals surface area contributed by atoms with Crippen molar-refractivity contribution in [1.29, 1.82) is 0 Å². The maximum Gasteiger partial charge on any atom is 0.156 e. The van der Waals surface area contributed by atoms with Crippen molar-refractivity contribution in [3.63, 3.8) is 0 Å². The van der Waals surface area contributed by atoms with Crippen LogP contribution in [0.2, 0.25) is 0 Å². The number of nitrogen functional groups attached to an aromatic ring is 1. The molecule has 106 valence electrons. The Kier molecular flexibility index (Phi) is 5.49. The van der Waals surface area contributed by atoms with Crippen LogP contribution in [0.3, 0.4) is 0 Å². The molecule has 0 saturated heterocycles. The summed E-state index contributed by atoms with van der Waals surface area (Å²) in [5.74, 6) is 2.89. The Morgan fingerprint density at radius 1 is 1.05 bits per heavy atom. The molecule has 2 aromatic rings. The van der Waals surface area contributed by atoms with Gasteiger partial charge in [0, 0.05) is 18.1 Å². The van der Waals surface area contributed by atoms with E-state index in [0.717, 1.165) is 22.3 Å². The van der Waals surface area contributed by atoms with Gasteiger partial charge in [0.15, 0.2) is 5.82 Å². The quantitative estimate of drug-likeness (QED) is 0.624. The van der Waals surface area contributed by atoms with Crippen molar-refractivity contribution >= 4 is 17.6 Å². The second-order valence-electron chi connectivity index (χ2n) is 3.85. The van der Waals surface area contributed by atoms with Crippen LogP contribution in [0.1, 0.15) is 6.92 Å². The number of benzene rings is 1. The minimum absolute atomic E-state index is 0.457. The van der Waals surface area contributed by atoms with Crippen LogP contribution in [-0.4, -0.2) is 28.9 Å². The third-order valence-electron chi connectivity index (χ3n) is 2.42. The van der Waals surface area contributed by atoms with Crippen molar-refractivity contribution in [2.24, 2.45) is 0 Å². The molecule has 0 aliphatic heterocycles. The standard InChI is InChI=1S/C14H17N3O2S/c1-2-18-11-3-5-12(6-4-11)19-9-10-20-14-13(15)16-7-8-17-14/h3-8H,2,9-10H2,1H3,(H2,15,16). The highest BCUT2D eigenvalue weighted by Crippen LogP contribution is 2.21. The van der Waals surface area contributed by atoms with E-state index in [-0.39, 0.29) is 0 Å². The fourth-order valence-electron chi connectivity index (χ4n) is 1.54. The van der Waals surface area contributed by atoms with Crippen molar-refractivity contribution in [2.45, 2.75) is 11.9 Å². The van der Waals surface area contributed by atoms with Crippen LogP contribution in [0.5, 0.6) is 11.5 Å². The topological polar surface area (TPSA) is 70.3 Å². The molecular weight excluding hydrogens is 274 g/mol. The zero-order chi connectivity index (χ0) is 14.2. The van der Waals surface area contributed by atoms with E-state index in [1.54, 1.807) is 12.4 Å². The molecule has 0 fully saturated rings. The summed E-state index contributed by atoms with van der Waals surface area (Å²) in [7, 11) is 0. The molecule has 5 nitrogen and oxygen atoms in total. The summed E-state index contributed by atoms with van der Waals surface area (Å²) in [5.41, 5.74) is 5.71. The number of thioether (sulfide) groups is 1. The Morgan fingerprint density at radius 3 is 2.35 bits per heavy atom. The summed E-state index contributed by atoms with van der Waals surface area (Å²) in [4.78, 5) is 8.14. The predicted molar refractivity (Wildman–Crippen MR) is 80.3 cm³/mol. The number of nitrogens with zero attached hydrogens (tertiary/aromatic N) is 2. The first-order chi connectivity index (χ1) is 9.79. The first kappa shape index (κ1) is 14.5. The number of rotatable bonds is 7. The molecule has 0 amide bonds. The lowest BCUT2D eigenvalue weighted by Crippen LogP contribution is -2.02. The highest BCUT2D eigenvalue weighted by Gasteiger charge is 2.02. The van der Waals surface area contributed by atoms with E-state index >= 15 is 0 Å². The van der Waals surface area contributed by atoms with Gasteiger partial charge in [-0.25, -0.2) is 9.97 Å². The maximum atomic E-state index is 5.71. The highest BCUT2D eigenvalue weighted by molar-refractivity contribution is 7.99. The maximum absolute atomic E-state index is 5.71. The van der Waals surface area contributed by atoms with Gasteiger partial charge < -0.3 is 15.2 Å². The molecular formula is C14H17N3O2S. The van der Waals surface area contributed by atoms with E-state index in [0.29, 0.717) is 19.0 Å². The average molecular weight is 291 g/mol. The van der Waals surface area contributed by atoms with Gasteiger partial charge in [-0.05, 0) is 31.2 Å². The summed E-state index contributed by atoms with van der Waals surface area (Å²) in [6.45, 7) is 3.20. The molecule has 20 heavy (non-hydrogen) atoms. The molecule has 0 bridgehead atoms. The van der Waals surface area contributed by atoms with E-state index in [1.807, 2.05) is 31.2 Å². The molecule has 1 heterocycles. The number of hydrogen-bond donors (Lipinski definition) is 1. The highest BCUT2D eigenvalue weighted by atomic mass is 32.2. The van der Waals surface area contributed by atoms with Crippen molar-refractivity contribution in [3.05, 3.63) is 36.7 Å². The lowest BCUT2D eigenvalue weighted by atomic mass is 10.3. The summed E-state index contributed by atoms with van der Waals surface area (Å²) in [6, 6.07) is 7.58. The van der Waals surface area contributed by atoms with Crippen LogP contribution in [-0.2, 0) is 0 Å².